The summed E-state index contributed by atoms with van der Waals surface area (Å²) in [5, 5.41) is 5.14. The molecular weight excluding hydrogens is 450 g/mol. The minimum Gasteiger partial charge on any atom is -0.354 e. The molecule has 7 nitrogen and oxygen atoms in total. The normalized spacial score (nSPS) is 24.1. The first kappa shape index (κ1) is 22.3. The van der Waals surface area contributed by atoms with E-state index in [0.29, 0.717) is 16.9 Å². The number of alkyl halides is 1. The smallest absolute Gasteiger partial charge is 0.249 e. The fourth-order valence-corrected chi connectivity index (χ4v) is 4.39. The molecule has 1 amide bonds. The van der Waals surface area contributed by atoms with Crippen molar-refractivity contribution in [3.05, 3.63) is 47.5 Å². The standard InChI is InChI=1S/C20H19F4N5O2S/c1-32(31)18-8-17(25-10-26-18)28-5-3-12(15(23)9-28)20(30)29-16(2-4-27-29)13-6-11(21)7-14(22)19(13)24/h4,6-8,10,12,15-16H,2-3,5,9H2,1H3/t12-,15+,16-,32-/m1/s1. The number of piperidine rings is 1. The monoisotopic (exact) mass is 469 g/mol. The number of hydrogen-bond acceptors (Lipinski definition) is 6. The van der Waals surface area contributed by atoms with E-state index >= 15 is 4.39 Å². The Morgan fingerprint density at radius 2 is 1.97 bits per heavy atom. The summed E-state index contributed by atoms with van der Waals surface area (Å²) in [5.74, 6) is -4.96. The number of nitrogens with zero attached hydrogens (tertiary/aromatic N) is 5. The maximum atomic E-state index is 15.0. The van der Waals surface area contributed by atoms with E-state index in [1.54, 1.807) is 4.90 Å². The molecule has 0 bridgehead atoms. The highest BCUT2D eigenvalue weighted by Crippen LogP contribution is 2.35. The van der Waals surface area contributed by atoms with Crippen molar-refractivity contribution >= 4 is 28.7 Å². The largest absolute Gasteiger partial charge is 0.354 e. The first-order chi connectivity index (χ1) is 15.3. The van der Waals surface area contributed by atoms with Crippen LogP contribution in [-0.4, -0.2) is 56.8 Å². The molecule has 170 valence electrons. The fourth-order valence-electron chi connectivity index (χ4n) is 3.92. The average molecular weight is 469 g/mol. The van der Waals surface area contributed by atoms with Gasteiger partial charge in [0.1, 0.15) is 29.2 Å². The molecule has 0 spiro atoms. The number of hydrazone groups is 1. The van der Waals surface area contributed by atoms with Gasteiger partial charge in [0.25, 0.3) is 0 Å². The van der Waals surface area contributed by atoms with Crippen molar-refractivity contribution in [1.82, 2.24) is 15.0 Å². The van der Waals surface area contributed by atoms with Crippen molar-refractivity contribution in [2.45, 2.75) is 30.1 Å². The SMILES string of the molecule is C[S@@](=O)c1cc(N2CC[C@@H](C(=O)N3N=CC[C@@H]3c3cc(F)cc(F)c3F)[C@@H](F)C2)ncn1. The summed E-state index contributed by atoms with van der Waals surface area (Å²) in [4.78, 5) is 22.7. The molecule has 0 saturated carbocycles. The van der Waals surface area contributed by atoms with Gasteiger partial charge in [0, 0.05) is 43.1 Å². The van der Waals surface area contributed by atoms with Crippen LogP contribution in [0.4, 0.5) is 23.4 Å². The highest BCUT2D eigenvalue weighted by molar-refractivity contribution is 7.84. The summed E-state index contributed by atoms with van der Waals surface area (Å²) in [7, 11) is -1.33. The minimum atomic E-state index is -1.59. The molecule has 2 aromatic rings. The van der Waals surface area contributed by atoms with E-state index in [9.17, 15) is 22.2 Å². The molecule has 1 aromatic carbocycles. The van der Waals surface area contributed by atoms with Gasteiger partial charge in [-0.3, -0.25) is 9.00 Å². The lowest BCUT2D eigenvalue weighted by molar-refractivity contribution is -0.140. The zero-order chi connectivity index (χ0) is 23.0. The number of amides is 1. The van der Waals surface area contributed by atoms with Gasteiger partial charge >= 0.3 is 0 Å². The number of benzene rings is 1. The van der Waals surface area contributed by atoms with Crippen molar-refractivity contribution in [1.29, 1.82) is 0 Å². The molecule has 0 unspecified atom stereocenters. The van der Waals surface area contributed by atoms with Crippen LogP contribution >= 0.6 is 0 Å². The Hall–Kier alpha value is -2.89. The van der Waals surface area contributed by atoms with Crippen LogP contribution < -0.4 is 4.90 Å². The van der Waals surface area contributed by atoms with Gasteiger partial charge in [-0.05, 0) is 12.5 Å². The zero-order valence-corrected chi connectivity index (χ0v) is 17.7. The van der Waals surface area contributed by atoms with Gasteiger partial charge < -0.3 is 4.90 Å². The molecule has 4 atom stereocenters. The number of anilines is 1. The van der Waals surface area contributed by atoms with Crippen LogP contribution in [0.15, 0.2) is 34.7 Å². The van der Waals surface area contributed by atoms with E-state index in [1.807, 2.05) is 0 Å². The molecule has 2 aliphatic heterocycles. The molecule has 2 aliphatic rings. The molecule has 0 radical (unpaired) electrons. The van der Waals surface area contributed by atoms with Crippen molar-refractivity contribution < 1.29 is 26.6 Å². The summed E-state index contributed by atoms with van der Waals surface area (Å²) in [6, 6.07) is 1.69. The van der Waals surface area contributed by atoms with Crippen LogP contribution in [0.1, 0.15) is 24.4 Å². The number of carbonyl (C=O) groups excluding carboxylic acids is 1. The van der Waals surface area contributed by atoms with Crippen LogP contribution in [0.3, 0.4) is 0 Å². The first-order valence-corrected chi connectivity index (χ1v) is 11.4. The second-order valence-electron chi connectivity index (χ2n) is 7.55. The summed E-state index contributed by atoms with van der Waals surface area (Å²) in [5.41, 5.74) is -0.345. The van der Waals surface area contributed by atoms with E-state index in [0.717, 1.165) is 11.1 Å². The lowest BCUT2D eigenvalue weighted by Gasteiger charge is -2.36. The van der Waals surface area contributed by atoms with Gasteiger partial charge in [-0.15, -0.1) is 0 Å². The summed E-state index contributed by atoms with van der Waals surface area (Å²) >= 11 is 0. The van der Waals surface area contributed by atoms with Crippen molar-refractivity contribution in [3.63, 3.8) is 0 Å². The second-order valence-corrected chi connectivity index (χ2v) is 8.88. The van der Waals surface area contributed by atoms with Gasteiger partial charge in [-0.2, -0.15) is 5.10 Å². The topological polar surface area (TPSA) is 78.8 Å². The molecule has 0 aliphatic carbocycles. The maximum Gasteiger partial charge on any atom is 0.249 e. The Morgan fingerprint density at radius 1 is 1.19 bits per heavy atom. The molecule has 1 aromatic heterocycles. The quantitative estimate of drug-likeness (QED) is 0.391. The molecule has 0 N–H and O–H groups in total. The molecule has 3 heterocycles. The van der Waals surface area contributed by atoms with Gasteiger partial charge in [0.2, 0.25) is 5.91 Å². The Bertz CT molecular complexity index is 1100. The van der Waals surface area contributed by atoms with Crippen LogP contribution in [0.2, 0.25) is 0 Å². The van der Waals surface area contributed by atoms with Gasteiger partial charge in [-0.1, -0.05) is 0 Å². The lowest BCUT2D eigenvalue weighted by Crippen LogP contribution is -2.48. The van der Waals surface area contributed by atoms with E-state index < -0.39 is 52.3 Å². The van der Waals surface area contributed by atoms with Gasteiger partial charge in [0.05, 0.1) is 29.3 Å². The van der Waals surface area contributed by atoms with Gasteiger partial charge in [-0.25, -0.2) is 32.5 Å². The third kappa shape index (κ3) is 4.23. The third-order valence-electron chi connectivity index (χ3n) is 5.54. The Labute approximate surface area is 183 Å². The number of carbonyl (C=O) groups is 1. The molecular formula is C20H19F4N5O2S. The lowest BCUT2D eigenvalue weighted by atomic mass is 9.92. The van der Waals surface area contributed by atoms with E-state index in [2.05, 4.69) is 15.1 Å². The maximum absolute atomic E-state index is 15.0. The molecule has 1 fully saturated rings. The predicted molar refractivity (Wildman–Crippen MR) is 109 cm³/mol. The van der Waals surface area contributed by atoms with E-state index in [4.69, 9.17) is 0 Å². The van der Waals surface area contributed by atoms with E-state index in [1.165, 1.54) is 24.9 Å². The Kier molecular flexibility index (Phi) is 6.22. The Balaban J connectivity index is 1.50. The summed E-state index contributed by atoms with van der Waals surface area (Å²) < 4.78 is 68.3. The predicted octanol–water partition coefficient (Wildman–Crippen LogP) is 2.76. The number of halogens is 4. The highest BCUT2D eigenvalue weighted by Gasteiger charge is 2.41. The van der Waals surface area contributed by atoms with Crippen molar-refractivity contribution in [2.75, 3.05) is 24.2 Å². The first-order valence-electron chi connectivity index (χ1n) is 9.80. The number of rotatable bonds is 4. The molecule has 12 heteroatoms. The van der Waals surface area contributed by atoms with Crippen LogP contribution in [0, 0.1) is 23.4 Å². The molecule has 32 heavy (non-hydrogen) atoms. The van der Waals surface area contributed by atoms with E-state index in [-0.39, 0.29) is 31.5 Å². The summed E-state index contributed by atoms with van der Waals surface area (Å²) in [6.07, 6.45) is 2.63. The van der Waals surface area contributed by atoms with Crippen LogP contribution in [0.25, 0.3) is 0 Å². The van der Waals surface area contributed by atoms with Crippen LogP contribution in [-0.2, 0) is 15.6 Å². The number of aromatic nitrogens is 2. The Morgan fingerprint density at radius 3 is 2.69 bits per heavy atom. The number of hydrogen-bond donors (Lipinski definition) is 0. The van der Waals surface area contributed by atoms with Gasteiger partial charge in [0.15, 0.2) is 11.6 Å². The molecule has 4 rings (SSSR count). The highest BCUT2D eigenvalue weighted by atomic mass is 32.2. The average Bonchev–Trinajstić information content (AvgIpc) is 3.25. The minimum absolute atomic E-state index is 0.0548. The zero-order valence-electron chi connectivity index (χ0n) is 16.9. The molecule has 1 saturated heterocycles. The van der Waals surface area contributed by atoms with Crippen molar-refractivity contribution in [2.24, 2.45) is 11.0 Å². The fraction of sp³-hybridized carbons (Fsp3) is 0.400. The van der Waals surface area contributed by atoms with Crippen molar-refractivity contribution in [3.8, 4) is 0 Å². The third-order valence-corrected chi connectivity index (χ3v) is 6.35. The summed E-state index contributed by atoms with van der Waals surface area (Å²) in [6.45, 7) is 0.142. The second kappa shape index (κ2) is 8.93. The van der Waals surface area contributed by atoms with Crippen LogP contribution in [0.5, 0.6) is 0 Å².